The quantitative estimate of drug-likeness (QED) is 0.391. The van der Waals surface area contributed by atoms with Crippen LogP contribution in [0, 0.1) is 0 Å². The van der Waals surface area contributed by atoms with Crippen LogP contribution in [-0.2, 0) is 24.1 Å². The third kappa shape index (κ3) is 5.75. The highest BCUT2D eigenvalue weighted by Crippen LogP contribution is 2.37. The minimum Gasteiger partial charge on any atom is -0.312 e. The van der Waals surface area contributed by atoms with E-state index in [0.717, 1.165) is 75.0 Å². The predicted octanol–water partition coefficient (Wildman–Crippen LogP) is 4.86. The first-order valence-corrected chi connectivity index (χ1v) is 11.3. The van der Waals surface area contributed by atoms with Crippen LogP contribution in [0.2, 0.25) is 0 Å². The van der Waals surface area contributed by atoms with E-state index in [4.69, 9.17) is 0 Å². The van der Waals surface area contributed by atoms with Crippen LogP contribution >= 0.6 is 12.4 Å². The molecule has 2 heterocycles. The molecule has 0 unspecified atom stereocenters. The van der Waals surface area contributed by atoms with Gasteiger partial charge in [-0.1, -0.05) is 36.8 Å². The molecule has 5 heteroatoms. The van der Waals surface area contributed by atoms with Crippen LogP contribution in [0.1, 0.15) is 59.2 Å². The van der Waals surface area contributed by atoms with Crippen LogP contribution in [0.15, 0.2) is 42.5 Å². The monoisotopic (exact) mass is 440 g/mol. The molecule has 2 aliphatic rings. The Kier molecular flexibility index (Phi) is 8.28. The third-order valence-corrected chi connectivity index (χ3v) is 6.40. The minimum atomic E-state index is 0. The third-order valence-electron chi connectivity index (χ3n) is 6.40. The molecule has 0 saturated carbocycles. The first-order chi connectivity index (χ1) is 14.6. The Balaban J connectivity index is 0.00000272. The summed E-state index contributed by atoms with van der Waals surface area (Å²) in [6, 6.07) is 14.6. The van der Waals surface area contributed by atoms with E-state index in [1.807, 2.05) is 17.0 Å². The Labute approximate surface area is 192 Å². The molecule has 0 aliphatic carbocycles. The Bertz CT molecular complexity index is 913. The summed E-state index contributed by atoms with van der Waals surface area (Å²) in [5, 5.41) is 0. The lowest BCUT2D eigenvalue weighted by atomic mass is 9.94. The molecule has 0 atom stereocenters. The average Bonchev–Trinajstić information content (AvgIpc) is 3.09. The van der Waals surface area contributed by atoms with Crippen molar-refractivity contribution in [3.05, 3.63) is 64.7 Å². The highest BCUT2D eigenvalue weighted by Gasteiger charge is 2.32. The fraction of sp³-hybridized carbons (Fsp3) is 0.462. The Morgan fingerprint density at radius 2 is 1.81 bits per heavy atom. The standard InChI is InChI=1S/C26H32N2O2.ClH/c1-27(16-13-20-9-4-2-5-10-20)14-7-3-6-12-24(29)22-17-21-11-8-15-28-25(30)19-23(18-22)26(21)28;/h2,4-5,9-10,17-18H,3,6-8,11-16,19H2,1H3;1H. The van der Waals surface area contributed by atoms with Crippen LogP contribution < -0.4 is 4.90 Å². The number of aryl methyl sites for hydroxylation is 1. The molecule has 2 aromatic carbocycles. The Morgan fingerprint density at radius 3 is 2.61 bits per heavy atom. The second-order valence-electron chi connectivity index (χ2n) is 8.74. The summed E-state index contributed by atoms with van der Waals surface area (Å²) >= 11 is 0. The van der Waals surface area contributed by atoms with E-state index < -0.39 is 0 Å². The van der Waals surface area contributed by atoms with Crippen molar-refractivity contribution in [2.24, 2.45) is 0 Å². The number of unbranched alkanes of at least 4 members (excludes halogenated alkanes) is 2. The van der Waals surface area contributed by atoms with Gasteiger partial charge in [0.2, 0.25) is 5.91 Å². The molecule has 2 aromatic rings. The molecule has 0 spiro atoms. The number of carbonyl (C=O) groups excluding carboxylic acids is 2. The molecule has 4 rings (SSSR count). The molecule has 0 fully saturated rings. The Morgan fingerprint density at radius 1 is 1.03 bits per heavy atom. The first kappa shape index (κ1) is 23.5. The number of amides is 1. The van der Waals surface area contributed by atoms with Crippen LogP contribution in [-0.4, -0.2) is 43.3 Å². The number of hydrogen-bond donors (Lipinski definition) is 0. The van der Waals surface area contributed by atoms with Gasteiger partial charge in [0.15, 0.2) is 5.78 Å². The van der Waals surface area contributed by atoms with Crippen molar-refractivity contribution >= 4 is 29.8 Å². The molecule has 4 nitrogen and oxygen atoms in total. The average molecular weight is 441 g/mol. The van der Waals surface area contributed by atoms with Crippen molar-refractivity contribution in [1.82, 2.24) is 4.90 Å². The minimum absolute atomic E-state index is 0. The number of halogens is 1. The highest BCUT2D eigenvalue weighted by atomic mass is 35.5. The van der Waals surface area contributed by atoms with E-state index >= 15 is 0 Å². The summed E-state index contributed by atoms with van der Waals surface area (Å²) in [5.41, 5.74) is 5.53. The van der Waals surface area contributed by atoms with Crippen molar-refractivity contribution < 1.29 is 9.59 Å². The zero-order valence-electron chi connectivity index (χ0n) is 18.4. The number of nitrogens with zero attached hydrogens (tertiary/aromatic N) is 2. The van der Waals surface area contributed by atoms with E-state index in [-0.39, 0.29) is 24.1 Å². The molecule has 0 aromatic heterocycles. The number of likely N-dealkylation sites (N-methyl/N-ethyl adjacent to an activating group) is 1. The summed E-state index contributed by atoms with van der Waals surface area (Å²) in [4.78, 5) is 29.2. The summed E-state index contributed by atoms with van der Waals surface area (Å²) < 4.78 is 0. The maximum atomic E-state index is 12.7. The normalized spacial score (nSPS) is 14.5. The maximum Gasteiger partial charge on any atom is 0.231 e. The fourth-order valence-electron chi connectivity index (χ4n) is 4.71. The number of ketones is 1. The maximum absolute atomic E-state index is 12.7. The molecular weight excluding hydrogens is 408 g/mol. The van der Waals surface area contributed by atoms with Crippen molar-refractivity contribution in [3.63, 3.8) is 0 Å². The van der Waals surface area contributed by atoms with Crippen molar-refractivity contribution in [2.75, 3.05) is 31.6 Å². The Hall–Kier alpha value is -2.17. The topological polar surface area (TPSA) is 40.6 Å². The van der Waals surface area contributed by atoms with Gasteiger partial charge in [-0.25, -0.2) is 0 Å². The van der Waals surface area contributed by atoms with Crippen molar-refractivity contribution in [1.29, 1.82) is 0 Å². The molecule has 0 N–H and O–H groups in total. The largest absolute Gasteiger partial charge is 0.312 e. The summed E-state index contributed by atoms with van der Waals surface area (Å²) in [7, 11) is 2.18. The highest BCUT2D eigenvalue weighted by molar-refractivity contribution is 6.05. The number of hydrogen-bond acceptors (Lipinski definition) is 3. The first-order valence-electron chi connectivity index (χ1n) is 11.3. The van der Waals surface area contributed by atoms with Crippen LogP contribution in [0.25, 0.3) is 0 Å². The van der Waals surface area contributed by atoms with Gasteiger partial charge in [0, 0.05) is 25.1 Å². The van der Waals surface area contributed by atoms with Gasteiger partial charge in [0.1, 0.15) is 0 Å². The van der Waals surface area contributed by atoms with Gasteiger partial charge in [0.25, 0.3) is 0 Å². The molecule has 2 aliphatic heterocycles. The van der Waals surface area contributed by atoms with E-state index in [2.05, 4.69) is 42.3 Å². The van der Waals surface area contributed by atoms with Crippen LogP contribution in [0.4, 0.5) is 5.69 Å². The summed E-state index contributed by atoms with van der Waals surface area (Å²) in [5.74, 6) is 0.412. The second kappa shape index (κ2) is 10.9. The SMILES string of the molecule is CN(CCCCCC(=O)c1cc2c3c(c1)CC(=O)N3CCC2)CCc1ccccc1.Cl. The number of benzene rings is 2. The van der Waals surface area contributed by atoms with Gasteiger partial charge in [-0.05, 0) is 74.5 Å². The van der Waals surface area contributed by atoms with Crippen LogP contribution in [0.5, 0.6) is 0 Å². The van der Waals surface area contributed by atoms with Gasteiger partial charge in [-0.3, -0.25) is 9.59 Å². The molecule has 0 radical (unpaired) electrons. The molecule has 166 valence electrons. The molecule has 1 amide bonds. The lowest BCUT2D eigenvalue weighted by Gasteiger charge is -2.25. The van der Waals surface area contributed by atoms with Crippen LogP contribution in [0.3, 0.4) is 0 Å². The predicted molar refractivity (Wildman–Crippen MR) is 129 cm³/mol. The van der Waals surface area contributed by atoms with Crippen molar-refractivity contribution in [3.8, 4) is 0 Å². The lowest BCUT2D eigenvalue weighted by Crippen LogP contribution is -2.31. The fourth-order valence-corrected chi connectivity index (χ4v) is 4.71. The van der Waals surface area contributed by atoms with Gasteiger partial charge in [0.05, 0.1) is 12.1 Å². The smallest absolute Gasteiger partial charge is 0.231 e. The van der Waals surface area contributed by atoms with Gasteiger partial charge in [-0.15, -0.1) is 12.4 Å². The number of anilines is 1. The second-order valence-corrected chi connectivity index (χ2v) is 8.74. The van der Waals surface area contributed by atoms with Gasteiger partial charge >= 0.3 is 0 Å². The molecule has 0 bridgehead atoms. The van der Waals surface area contributed by atoms with E-state index in [0.29, 0.717) is 12.8 Å². The van der Waals surface area contributed by atoms with Gasteiger partial charge < -0.3 is 9.80 Å². The lowest BCUT2D eigenvalue weighted by molar-refractivity contribution is -0.117. The summed E-state index contributed by atoms with van der Waals surface area (Å²) in [6.45, 7) is 2.96. The van der Waals surface area contributed by atoms with Crippen molar-refractivity contribution in [2.45, 2.75) is 51.4 Å². The van der Waals surface area contributed by atoms with E-state index in [1.54, 1.807) is 0 Å². The number of rotatable bonds is 10. The molecular formula is C26H33ClN2O2. The van der Waals surface area contributed by atoms with E-state index in [9.17, 15) is 9.59 Å². The summed E-state index contributed by atoms with van der Waals surface area (Å²) in [6.07, 6.45) is 7.24. The number of carbonyl (C=O) groups is 2. The van der Waals surface area contributed by atoms with Gasteiger partial charge in [-0.2, -0.15) is 0 Å². The molecule has 31 heavy (non-hydrogen) atoms. The zero-order valence-corrected chi connectivity index (χ0v) is 19.3. The number of Topliss-reactive ketones (excluding diaryl/α,β-unsaturated/α-hetero) is 1. The van der Waals surface area contributed by atoms with E-state index in [1.165, 1.54) is 11.1 Å². The zero-order chi connectivity index (χ0) is 20.9. The molecule has 0 saturated heterocycles.